The van der Waals surface area contributed by atoms with Crippen LogP contribution in [0.2, 0.25) is 5.02 Å². The van der Waals surface area contributed by atoms with E-state index in [1.165, 1.54) is 6.07 Å². The lowest BCUT2D eigenvalue weighted by atomic mass is 9.98. The summed E-state index contributed by atoms with van der Waals surface area (Å²) in [5, 5.41) is 3.99. The number of nitrogens with one attached hydrogen (secondary N) is 1. The summed E-state index contributed by atoms with van der Waals surface area (Å²) >= 11 is 5.98. The number of likely N-dealkylation sites (N-methyl/N-ethyl adjacent to an activating group) is 1. The highest BCUT2D eigenvalue weighted by molar-refractivity contribution is 6.30. The van der Waals surface area contributed by atoms with Crippen LogP contribution in [0, 0.1) is 11.6 Å². The molecule has 0 radical (unpaired) electrons. The van der Waals surface area contributed by atoms with E-state index in [-0.39, 0.29) is 6.04 Å². The largest absolute Gasteiger partial charge is 0.314 e. The van der Waals surface area contributed by atoms with E-state index in [9.17, 15) is 8.78 Å². The Kier molecular flexibility index (Phi) is 5.71. The van der Waals surface area contributed by atoms with Gasteiger partial charge in [-0.15, -0.1) is 0 Å². The highest BCUT2D eigenvalue weighted by atomic mass is 35.5. The molecule has 0 bridgehead atoms. The summed E-state index contributed by atoms with van der Waals surface area (Å²) in [4.78, 5) is 0. The van der Waals surface area contributed by atoms with Gasteiger partial charge in [0.05, 0.1) is 0 Å². The normalized spacial score (nSPS) is 12.4. The number of hydrogen-bond acceptors (Lipinski definition) is 1. The Balaban J connectivity index is 2.13. The minimum absolute atomic E-state index is 0.0322. The van der Waals surface area contributed by atoms with Gasteiger partial charge in [-0.25, -0.2) is 8.78 Å². The fourth-order valence-electron chi connectivity index (χ4n) is 2.43. The van der Waals surface area contributed by atoms with Crippen molar-refractivity contribution in [3.05, 3.63) is 70.2 Å². The number of halogens is 3. The van der Waals surface area contributed by atoms with Crippen LogP contribution in [0.1, 0.15) is 18.1 Å². The minimum Gasteiger partial charge on any atom is -0.314 e. The molecule has 2 aromatic rings. The molecule has 0 aliphatic heterocycles. The Morgan fingerprint density at radius 2 is 1.86 bits per heavy atom. The molecule has 0 saturated carbocycles. The first-order chi connectivity index (χ1) is 10.1. The maximum absolute atomic E-state index is 13.8. The van der Waals surface area contributed by atoms with Crippen LogP contribution in [-0.4, -0.2) is 12.6 Å². The average molecular weight is 310 g/mol. The first kappa shape index (κ1) is 15.9. The second kappa shape index (κ2) is 7.53. The van der Waals surface area contributed by atoms with Crippen LogP contribution in [0.4, 0.5) is 8.78 Å². The summed E-state index contributed by atoms with van der Waals surface area (Å²) < 4.78 is 27.1. The van der Waals surface area contributed by atoms with Crippen molar-refractivity contribution in [3.63, 3.8) is 0 Å². The summed E-state index contributed by atoms with van der Waals surface area (Å²) in [5.74, 6) is -1.56. The number of rotatable bonds is 6. The van der Waals surface area contributed by atoms with Crippen molar-refractivity contribution in [2.24, 2.45) is 0 Å². The van der Waals surface area contributed by atoms with Crippen LogP contribution >= 0.6 is 11.6 Å². The molecule has 0 heterocycles. The van der Waals surface area contributed by atoms with Gasteiger partial charge in [0.1, 0.15) is 0 Å². The highest BCUT2D eigenvalue weighted by Gasteiger charge is 2.14. The molecule has 2 aromatic carbocycles. The molecule has 4 heteroatoms. The minimum atomic E-state index is -0.800. The lowest BCUT2D eigenvalue weighted by Crippen LogP contribution is -2.33. The van der Waals surface area contributed by atoms with Gasteiger partial charge in [0.25, 0.3) is 0 Å². The molecule has 0 aliphatic carbocycles. The molecular formula is C17H18ClF2N. The Bertz CT molecular complexity index is 601. The summed E-state index contributed by atoms with van der Waals surface area (Å²) in [5.41, 5.74) is 1.47. The van der Waals surface area contributed by atoms with Crippen LogP contribution in [-0.2, 0) is 12.8 Å². The van der Waals surface area contributed by atoms with Gasteiger partial charge < -0.3 is 5.32 Å². The molecule has 1 nitrogen and oxygen atoms in total. The molecule has 2 rings (SSSR count). The van der Waals surface area contributed by atoms with Gasteiger partial charge >= 0.3 is 0 Å². The third-order valence-electron chi connectivity index (χ3n) is 3.36. The van der Waals surface area contributed by atoms with E-state index in [0.29, 0.717) is 23.4 Å². The molecule has 112 valence electrons. The maximum atomic E-state index is 13.8. The first-order valence-corrected chi connectivity index (χ1v) is 7.38. The van der Waals surface area contributed by atoms with Crippen molar-refractivity contribution in [2.45, 2.75) is 25.8 Å². The Hall–Kier alpha value is -1.45. The molecule has 21 heavy (non-hydrogen) atoms. The summed E-state index contributed by atoms with van der Waals surface area (Å²) in [7, 11) is 0. The van der Waals surface area contributed by atoms with Gasteiger partial charge in [0, 0.05) is 11.1 Å². The average Bonchev–Trinajstić information content (AvgIpc) is 2.44. The second-order valence-electron chi connectivity index (χ2n) is 5.01. The molecule has 0 fully saturated rings. The topological polar surface area (TPSA) is 12.0 Å². The van der Waals surface area contributed by atoms with E-state index in [2.05, 4.69) is 5.32 Å². The van der Waals surface area contributed by atoms with Gasteiger partial charge in [0.2, 0.25) is 0 Å². The predicted octanol–water partition coefficient (Wildman–Crippen LogP) is 4.38. The number of benzene rings is 2. The van der Waals surface area contributed by atoms with Crippen LogP contribution < -0.4 is 5.32 Å². The zero-order valence-electron chi connectivity index (χ0n) is 11.9. The van der Waals surface area contributed by atoms with E-state index in [1.54, 1.807) is 6.07 Å². The quantitative estimate of drug-likeness (QED) is 0.835. The molecule has 0 saturated heterocycles. The van der Waals surface area contributed by atoms with E-state index >= 15 is 0 Å². The first-order valence-electron chi connectivity index (χ1n) is 7.01. The molecular weight excluding hydrogens is 292 g/mol. The second-order valence-corrected chi connectivity index (χ2v) is 5.44. The fourth-order valence-corrected chi connectivity index (χ4v) is 2.64. The third kappa shape index (κ3) is 4.51. The third-order valence-corrected chi connectivity index (χ3v) is 3.60. The smallest absolute Gasteiger partial charge is 0.162 e. The molecule has 0 aliphatic rings. The molecule has 1 atom stereocenters. The van der Waals surface area contributed by atoms with Gasteiger partial charge in [0.15, 0.2) is 11.6 Å². The van der Waals surface area contributed by atoms with Crippen molar-refractivity contribution in [2.75, 3.05) is 6.54 Å². The zero-order valence-corrected chi connectivity index (χ0v) is 12.6. The summed E-state index contributed by atoms with van der Waals surface area (Å²) in [6, 6.07) is 11.9. The Morgan fingerprint density at radius 3 is 2.57 bits per heavy atom. The predicted molar refractivity (Wildman–Crippen MR) is 82.7 cm³/mol. The lowest BCUT2D eigenvalue weighted by Gasteiger charge is -2.18. The Labute approximate surface area is 128 Å². The van der Waals surface area contributed by atoms with E-state index in [4.69, 9.17) is 11.6 Å². The highest BCUT2D eigenvalue weighted by Crippen LogP contribution is 2.17. The molecule has 0 spiro atoms. The van der Waals surface area contributed by atoms with Gasteiger partial charge in [-0.2, -0.15) is 0 Å². The van der Waals surface area contributed by atoms with Crippen LogP contribution in [0.15, 0.2) is 42.5 Å². The van der Waals surface area contributed by atoms with Crippen molar-refractivity contribution >= 4 is 11.6 Å². The van der Waals surface area contributed by atoms with Gasteiger partial charge in [-0.1, -0.05) is 42.8 Å². The van der Waals surface area contributed by atoms with Crippen molar-refractivity contribution in [1.82, 2.24) is 5.32 Å². The molecule has 1 unspecified atom stereocenters. The monoisotopic (exact) mass is 309 g/mol. The van der Waals surface area contributed by atoms with Crippen LogP contribution in [0.5, 0.6) is 0 Å². The molecule has 0 amide bonds. The van der Waals surface area contributed by atoms with E-state index in [0.717, 1.165) is 18.2 Å². The lowest BCUT2D eigenvalue weighted by molar-refractivity contribution is 0.474. The Morgan fingerprint density at radius 1 is 1.10 bits per heavy atom. The van der Waals surface area contributed by atoms with Gasteiger partial charge in [-0.05, 0) is 48.7 Å². The van der Waals surface area contributed by atoms with E-state index in [1.807, 2.05) is 31.2 Å². The zero-order chi connectivity index (χ0) is 15.2. The number of hydrogen-bond donors (Lipinski definition) is 1. The van der Waals surface area contributed by atoms with E-state index < -0.39 is 11.6 Å². The molecule has 1 N–H and O–H groups in total. The molecule has 0 aromatic heterocycles. The van der Waals surface area contributed by atoms with Crippen LogP contribution in [0.3, 0.4) is 0 Å². The van der Waals surface area contributed by atoms with Crippen molar-refractivity contribution in [1.29, 1.82) is 0 Å². The summed E-state index contributed by atoms with van der Waals surface area (Å²) in [6.45, 7) is 2.76. The van der Waals surface area contributed by atoms with Crippen LogP contribution in [0.25, 0.3) is 0 Å². The summed E-state index contributed by atoms with van der Waals surface area (Å²) in [6.07, 6.45) is 1.15. The maximum Gasteiger partial charge on any atom is 0.162 e. The van der Waals surface area contributed by atoms with Crippen molar-refractivity contribution in [3.8, 4) is 0 Å². The van der Waals surface area contributed by atoms with Gasteiger partial charge in [-0.3, -0.25) is 0 Å². The standard InChI is InChI=1S/C17H18ClF2N/c1-2-21-15(10-12-5-3-7-14(18)9-12)11-13-6-4-8-16(19)17(13)20/h3-9,15,21H,2,10-11H2,1H3. The SMILES string of the molecule is CCNC(Cc1cccc(Cl)c1)Cc1cccc(F)c1F. The van der Waals surface area contributed by atoms with Crippen molar-refractivity contribution < 1.29 is 8.78 Å². The fraction of sp³-hybridized carbons (Fsp3) is 0.294.